The number of rotatable bonds is 6. The fourth-order valence-electron chi connectivity index (χ4n) is 3.12. The summed E-state index contributed by atoms with van der Waals surface area (Å²) in [7, 11) is 0. The quantitative estimate of drug-likeness (QED) is 0.498. The minimum Gasteiger partial charge on any atom is -0.360 e. The Morgan fingerprint density at radius 3 is 2.58 bits per heavy atom. The minimum absolute atomic E-state index is 0.183. The Bertz CT molecular complexity index is 1180. The van der Waals surface area contributed by atoms with Crippen LogP contribution in [0.3, 0.4) is 0 Å². The summed E-state index contributed by atoms with van der Waals surface area (Å²) in [4.78, 5) is 25.7. The van der Waals surface area contributed by atoms with Gasteiger partial charge in [-0.05, 0) is 24.6 Å². The molecule has 0 bridgehead atoms. The number of hydrogen-bond donors (Lipinski definition) is 1. The molecule has 156 valence electrons. The van der Waals surface area contributed by atoms with E-state index in [4.69, 9.17) is 4.52 Å². The highest BCUT2D eigenvalue weighted by molar-refractivity contribution is 5.92. The Morgan fingerprint density at radius 1 is 1.10 bits per heavy atom. The van der Waals surface area contributed by atoms with E-state index in [1.165, 1.54) is 0 Å². The highest BCUT2D eigenvalue weighted by atomic mass is 16.5. The van der Waals surface area contributed by atoms with E-state index in [9.17, 15) is 4.79 Å². The second-order valence-electron chi connectivity index (χ2n) is 7.54. The van der Waals surface area contributed by atoms with Gasteiger partial charge in [0.25, 0.3) is 5.91 Å². The lowest BCUT2D eigenvalue weighted by Crippen LogP contribution is -2.23. The molecule has 0 fully saturated rings. The number of pyridine rings is 1. The number of amides is 1. The molecular weight excluding hydrogens is 390 g/mol. The highest BCUT2D eigenvalue weighted by Gasteiger charge is 2.15. The summed E-state index contributed by atoms with van der Waals surface area (Å²) >= 11 is 0. The number of carbonyl (C=O) groups is 1. The molecule has 3 aromatic heterocycles. The summed E-state index contributed by atoms with van der Waals surface area (Å²) in [5.41, 5.74) is 4.73. The molecule has 0 spiro atoms. The molecule has 0 radical (unpaired) electrons. The SMILES string of the molecule is Cc1ncc(-c2ccccn2)c(-c2ccc(CNC(=O)c3cc(C(C)C)on3)cc2)n1. The summed E-state index contributed by atoms with van der Waals surface area (Å²) in [5, 5.41) is 6.72. The predicted molar refractivity (Wildman–Crippen MR) is 117 cm³/mol. The molecule has 0 aliphatic heterocycles. The standard InChI is InChI=1S/C24H23N5O2/c1-15(2)22-12-21(29-31-22)24(30)27-13-17-7-9-18(10-8-17)23-19(14-26-16(3)28-23)20-6-4-5-11-25-20/h4-12,14-15H,13H2,1-3H3,(H,27,30). The van der Waals surface area contributed by atoms with Gasteiger partial charge in [-0.2, -0.15) is 0 Å². The van der Waals surface area contributed by atoms with Gasteiger partial charge in [0, 0.05) is 42.0 Å². The maximum Gasteiger partial charge on any atom is 0.273 e. The summed E-state index contributed by atoms with van der Waals surface area (Å²) < 4.78 is 5.19. The fraction of sp³-hybridized carbons (Fsp3) is 0.208. The Morgan fingerprint density at radius 2 is 1.90 bits per heavy atom. The van der Waals surface area contributed by atoms with Gasteiger partial charge >= 0.3 is 0 Å². The van der Waals surface area contributed by atoms with Crippen molar-refractivity contribution in [1.82, 2.24) is 25.4 Å². The van der Waals surface area contributed by atoms with Gasteiger partial charge in [-0.1, -0.05) is 49.3 Å². The Hall–Kier alpha value is -3.87. The van der Waals surface area contributed by atoms with Crippen LogP contribution in [0.25, 0.3) is 22.5 Å². The lowest BCUT2D eigenvalue weighted by atomic mass is 10.0. The van der Waals surface area contributed by atoms with Crippen molar-refractivity contribution in [3.8, 4) is 22.5 Å². The van der Waals surface area contributed by atoms with Crippen LogP contribution in [0, 0.1) is 6.92 Å². The highest BCUT2D eigenvalue weighted by Crippen LogP contribution is 2.29. The van der Waals surface area contributed by atoms with Crippen LogP contribution in [0.4, 0.5) is 0 Å². The molecular formula is C24H23N5O2. The number of nitrogens with one attached hydrogen (secondary N) is 1. The number of hydrogen-bond acceptors (Lipinski definition) is 6. The zero-order chi connectivity index (χ0) is 21.8. The topological polar surface area (TPSA) is 93.8 Å². The van der Waals surface area contributed by atoms with Crippen LogP contribution in [-0.4, -0.2) is 26.0 Å². The van der Waals surface area contributed by atoms with E-state index in [1.807, 2.05) is 63.2 Å². The molecule has 7 heteroatoms. The molecule has 0 atom stereocenters. The summed E-state index contributed by atoms with van der Waals surface area (Å²) in [6, 6.07) is 15.4. The number of carbonyl (C=O) groups excluding carboxylic acids is 1. The van der Waals surface area contributed by atoms with Gasteiger partial charge in [-0.3, -0.25) is 9.78 Å². The zero-order valence-corrected chi connectivity index (χ0v) is 17.7. The van der Waals surface area contributed by atoms with Gasteiger partial charge in [0.15, 0.2) is 5.69 Å². The van der Waals surface area contributed by atoms with E-state index in [-0.39, 0.29) is 17.5 Å². The van der Waals surface area contributed by atoms with E-state index < -0.39 is 0 Å². The third-order valence-electron chi connectivity index (χ3n) is 4.86. The van der Waals surface area contributed by atoms with Gasteiger partial charge < -0.3 is 9.84 Å². The molecule has 0 aliphatic carbocycles. The van der Waals surface area contributed by atoms with Crippen molar-refractivity contribution >= 4 is 5.91 Å². The first kappa shape index (κ1) is 20.4. The molecule has 3 heterocycles. The van der Waals surface area contributed by atoms with E-state index in [0.717, 1.165) is 28.1 Å². The second kappa shape index (κ2) is 8.87. The van der Waals surface area contributed by atoms with Crippen molar-refractivity contribution in [2.45, 2.75) is 33.2 Å². The van der Waals surface area contributed by atoms with Crippen LogP contribution in [0.1, 0.15) is 47.4 Å². The third kappa shape index (κ3) is 4.66. The maximum absolute atomic E-state index is 12.3. The van der Waals surface area contributed by atoms with Crippen LogP contribution >= 0.6 is 0 Å². The predicted octanol–water partition coefficient (Wildman–Crippen LogP) is 4.56. The molecule has 1 N–H and O–H groups in total. The first-order valence-electron chi connectivity index (χ1n) is 10.1. The van der Waals surface area contributed by atoms with E-state index in [1.54, 1.807) is 18.5 Å². The smallest absolute Gasteiger partial charge is 0.273 e. The van der Waals surface area contributed by atoms with Crippen LogP contribution in [0.2, 0.25) is 0 Å². The van der Waals surface area contributed by atoms with E-state index in [2.05, 4.69) is 25.4 Å². The average molecular weight is 413 g/mol. The monoisotopic (exact) mass is 413 g/mol. The first-order chi connectivity index (χ1) is 15.0. The number of nitrogens with zero attached hydrogens (tertiary/aromatic N) is 4. The van der Waals surface area contributed by atoms with Crippen molar-refractivity contribution in [2.24, 2.45) is 0 Å². The van der Waals surface area contributed by atoms with Crippen molar-refractivity contribution in [3.05, 3.63) is 83.8 Å². The second-order valence-corrected chi connectivity index (χ2v) is 7.54. The molecule has 1 amide bonds. The van der Waals surface area contributed by atoms with Crippen molar-refractivity contribution in [1.29, 1.82) is 0 Å². The van der Waals surface area contributed by atoms with Crippen molar-refractivity contribution < 1.29 is 9.32 Å². The molecule has 0 unspecified atom stereocenters. The van der Waals surface area contributed by atoms with E-state index >= 15 is 0 Å². The van der Waals surface area contributed by atoms with Gasteiger partial charge in [-0.15, -0.1) is 0 Å². The molecule has 4 rings (SSSR count). The van der Waals surface area contributed by atoms with Crippen molar-refractivity contribution in [3.63, 3.8) is 0 Å². The number of benzene rings is 1. The molecule has 31 heavy (non-hydrogen) atoms. The molecule has 0 aliphatic rings. The molecule has 4 aromatic rings. The zero-order valence-electron chi connectivity index (χ0n) is 17.7. The van der Waals surface area contributed by atoms with Crippen LogP contribution in [0.5, 0.6) is 0 Å². The Balaban J connectivity index is 1.50. The Labute approximate surface area is 180 Å². The normalized spacial score (nSPS) is 11.0. The minimum atomic E-state index is -0.261. The molecule has 7 nitrogen and oxygen atoms in total. The Kier molecular flexibility index (Phi) is 5.84. The van der Waals surface area contributed by atoms with Gasteiger partial charge in [0.2, 0.25) is 0 Å². The third-order valence-corrected chi connectivity index (χ3v) is 4.86. The lowest BCUT2D eigenvalue weighted by Gasteiger charge is -2.10. The fourth-order valence-corrected chi connectivity index (χ4v) is 3.12. The van der Waals surface area contributed by atoms with Gasteiger partial charge in [0.05, 0.1) is 11.4 Å². The maximum atomic E-state index is 12.3. The first-order valence-corrected chi connectivity index (χ1v) is 10.1. The van der Waals surface area contributed by atoms with Gasteiger partial charge in [0.1, 0.15) is 11.6 Å². The lowest BCUT2D eigenvalue weighted by molar-refractivity contribution is 0.0941. The molecule has 0 saturated heterocycles. The van der Waals surface area contributed by atoms with Crippen LogP contribution in [-0.2, 0) is 6.54 Å². The molecule has 0 saturated carbocycles. The number of aryl methyl sites for hydroxylation is 1. The summed E-state index contributed by atoms with van der Waals surface area (Å²) in [6.45, 7) is 6.23. The van der Waals surface area contributed by atoms with Crippen LogP contribution in [0.15, 0.2) is 65.4 Å². The van der Waals surface area contributed by atoms with E-state index in [0.29, 0.717) is 18.1 Å². The number of aromatic nitrogens is 4. The van der Waals surface area contributed by atoms with Gasteiger partial charge in [-0.25, -0.2) is 9.97 Å². The largest absolute Gasteiger partial charge is 0.360 e. The average Bonchev–Trinajstić information content (AvgIpc) is 3.29. The van der Waals surface area contributed by atoms with Crippen molar-refractivity contribution in [2.75, 3.05) is 0 Å². The summed E-state index contributed by atoms with van der Waals surface area (Å²) in [6.07, 6.45) is 3.56. The molecule has 1 aromatic carbocycles. The van der Waals surface area contributed by atoms with Crippen LogP contribution < -0.4 is 5.32 Å². The summed E-state index contributed by atoms with van der Waals surface area (Å²) in [5.74, 6) is 1.31.